The molecule has 0 bridgehead atoms. The van der Waals surface area contributed by atoms with Crippen LogP contribution in [0.1, 0.15) is 23.5 Å². The van der Waals surface area contributed by atoms with Crippen molar-refractivity contribution in [1.29, 1.82) is 0 Å². The van der Waals surface area contributed by atoms with Crippen molar-refractivity contribution in [3.63, 3.8) is 0 Å². The molecule has 1 heterocycles. The fraction of sp³-hybridized carbons (Fsp3) is 0.250. The van der Waals surface area contributed by atoms with Crippen LogP contribution in [0.5, 0.6) is 0 Å². The van der Waals surface area contributed by atoms with E-state index in [1.165, 1.54) is 6.07 Å². The zero-order valence-electron chi connectivity index (χ0n) is 9.28. The molecular weight excluding hydrogens is 303 g/mol. The van der Waals surface area contributed by atoms with Crippen LogP contribution in [-0.2, 0) is 6.54 Å². The highest BCUT2D eigenvalue weighted by molar-refractivity contribution is 9.10. The van der Waals surface area contributed by atoms with Crippen molar-refractivity contribution in [2.45, 2.75) is 19.5 Å². The lowest BCUT2D eigenvalue weighted by molar-refractivity contribution is 0.527. The van der Waals surface area contributed by atoms with Crippen molar-refractivity contribution in [3.8, 4) is 0 Å². The van der Waals surface area contributed by atoms with Crippen LogP contribution < -0.4 is 5.32 Å². The molecule has 2 nitrogen and oxygen atoms in total. The fourth-order valence-electron chi connectivity index (χ4n) is 1.54. The van der Waals surface area contributed by atoms with Gasteiger partial charge in [0.05, 0.1) is 0 Å². The summed E-state index contributed by atoms with van der Waals surface area (Å²) >= 11 is 4.94. The molecule has 90 valence electrons. The summed E-state index contributed by atoms with van der Waals surface area (Å²) in [5.74, 6) is -0.188. The molecule has 5 heteroatoms. The van der Waals surface area contributed by atoms with Gasteiger partial charge in [-0.1, -0.05) is 15.9 Å². The van der Waals surface area contributed by atoms with E-state index in [-0.39, 0.29) is 11.9 Å². The third-order valence-corrected chi connectivity index (χ3v) is 3.74. The van der Waals surface area contributed by atoms with Gasteiger partial charge in [-0.05, 0) is 25.1 Å². The van der Waals surface area contributed by atoms with E-state index in [1.54, 1.807) is 29.7 Å². The Morgan fingerprint density at radius 2 is 2.35 bits per heavy atom. The maximum Gasteiger partial charge on any atom is 0.128 e. The first-order valence-electron chi connectivity index (χ1n) is 5.23. The van der Waals surface area contributed by atoms with Gasteiger partial charge in [-0.2, -0.15) is 0 Å². The summed E-state index contributed by atoms with van der Waals surface area (Å²) in [5, 5.41) is 6.20. The predicted molar refractivity (Wildman–Crippen MR) is 71.5 cm³/mol. The molecule has 0 amide bonds. The first-order chi connectivity index (χ1) is 8.16. The smallest absolute Gasteiger partial charge is 0.128 e. The second kappa shape index (κ2) is 5.71. The molecule has 2 aromatic rings. The Balaban J connectivity index is 2.04. The second-order valence-corrected chi connectivity index (χ2v) is 5.59. The average molecular weight is 315 g/mol. The Bertz CT molecular complexity index is 487. The number of rotatable bonds is 4. The lowest BCUT2D eigenvalue weighted by Gasteiger charge is -2.14. The first-order valence-corrected chi connectivity index (χ1v) is 6.91. The maximum absolute atomic E-state index is 13.6. The minimum Gasteiger partial charge on any atom is -0.304 e. The molecule has 0 fully saturated rings. The van der Waals surface area contributed by atoms with E-state index in [0.29, 0.717) is 12.1 Å². The van der Waals surface area contributed by atoms with Crippen LogP contribution in [0, 0.1) is 5.82 Å². The average Bonchev–Trinajstić information content (AvgIpc) is 2.82. The molecule has 0 aliphatic carbocycles. The minimum absolute atomic E-state index is 0.0450. The number of thiazole rings is 1. The molecule has 0 radical (unpaired) electrons. The number of hydrogen-bond donors (Lipinski definition) is 1. The normalized spacial score (nSPS) is 12.6. The van der Waals surface area contributed by atoms with Crippen molar-refractivity contribution in [3.05, 3.63) is 50.6 Å². The van der Waals surface area contributed by atoms with Crippen molar-refractivity contribution in [2.24, 2.45) is 0 Å². The Kier molecular flexibility index (Phi) is 4.25. The van der Waals surface area contributed by atoms with Gasteiger partial charge >= 0.3 is 0 Å². The predicted octanol–water partition coefficient (Wildman–Crippen LogP) is 3.90. The van der Waals surface area contributed by atoms with Gasteiger partial charge in [-0.3, -0.25) is 0 Å². The molecule has 17 heavy (non-hydrogen) atoms. The Labute approximate surface area is 112 Å². The van der Waals surface area contributed by atoms with E-state index in [2.05, 4.69) is 26.2 Å². The molecule has 1 N–H and O–H groups in total. The van der Waals surface area contributed by atoms with Gasteiger partial charge in [0, 0.05) is 34.2 Å². The van der Waals surface area contributed by atoms with Gasteiger partial charge in [0.25, 0.3) is 0 Å². The number of halogens is 2. The van der Waals surface area contributed by atoms with Gasteiger partial charge < -0.3 is 5.32 Å². The minimum atomic E-state index is -0.188. The summed E-state index contributed by atoms with van der Waals surface area (Å²) < 4.78 is 14.5. The molecule has 1 aromatic carbocycles. The number of hydrogen-bond acceptors (Lipinski definition) is 3. The van der Waals surface area contributed by atoms with Crippen LogP contribution in [0.15, 0.2) is 34.2 Å². The highest BCUT2D eigenvalue weighted by atomic mass is 79.9. The Hall–Kier alpha value is -0.780. The van der Waals surface area contributed by atoms with E-state index in [0.717, 1.165) is 9.48 Å². The van der Waals surface area contributed by atoms with Crippen LogP contribution >= 0.6 is 27.3 Å². The monoisotopic (exact) mass is 314 g/mol. The second-order valence-electron chi connectivity index (χ2n) is 3.69. The maximum atomic E-state index is 13.6. The largest absolute Gasteiger partial charge is 0.304 e. The van der Waals surface area contributed by atoms with Gasteiger partial charge in [0.1, 0.15) is 10.8 Å². The summed E-state index contributed by atoms with van der Waals surface area (Å²) in [6.45, 7) is 2.60. The number of aromatic nitrogens is 1. The number of nitrogens with zero attached hydrogens (tertiary/aromatic N) is 1. The molecule has 1 atom stereocenters. The quantitative estimate of drug-likeness (QED) is 0.926. The Morgan fingerprint density at radius 3 is 3.06 bits per heavy atom. The molecule has 0 aliphatic rings. The topological polar surface area (TPSA) is 24.9 Å². The van der Waals surface area contributed by atoms with Crippen LogP contribution in [0.4, 0.5) is 4.39 Å². The number of benzene rings is 1. The summed E-state index contributed by atoms with van der Waals surface area (Å²) in [5.41, 5.74) is 0.663. The summed E-state index contributed by atoms with van der Waals surface area (Å²) in [6.07, 6.45) is 1.77. The highest BCUT2D eigenvalue weighted by Crippen LogP contribution is 2.21. The van der Waals surface area contributed by atoms with E-state index in [4.69, 9.17) is 0 Å². The van der Waals surface area contributed by atoms with Gasteiger partial charge in [0.2, 0.25) is 0 Å². The number of nitrogens with one attached hydrogen (secondary N) is 1. The molecule has 0 aliphatic heterocycles. The molecular formula is C12H12BrFN2S. The molecule has 0 spiro atoms. The summed E-state index contributed by atoms with van der Waals surface area (Å²) in [6, 6.07) is 4.93. The molecule has 0 saturated carbocycles. The first kappa shape index (κ1) is 12.7. The van der Waals surface area contributed by atoms with Crippen molar-refractivity contribution >= 4 is 27.3 Å². The lowest BCUT2D eigenvalue weighted by atomic mass is 10.1. The molecule has 1 unspecified atom stereocenters. The van der Waals surface area contributed by atoms with Crippen LogP contribution in [0.3, 0.4) is 0 Å². The van der Waals surface area contributed by atoms with Gasteiger partial charge in [-0.15, -0.1) is 11.3 Å². The van der Waals surface area contributed by atoms with E-state index in [1.807, 2.05) is 12.3 Å². The third-order valence-electron chi connectivity index (χ3n) is 2.47. The lowest BCUT2D eigenvalue weighted by Crippen LogP contribution is -2.19. The molecule has 1 aromatic heterocycles. The van der Waals surface area contributed by atoms with Gasteiger partial charge in [-0.25, -0.2) is 9.37 Å². The Morgan fingerprint density at radius 1 is 1.53 bits per heavy atom. The van der Waals surface area contributed by atoms with E-state index < -0.39 is 0 Å². The summed E-state index contributed by atoms with van der Waals surface area (Å²) in [7, 11) is 0. The zero-order chi connectivity index (χ0) is 12.3. The molecule has 0 saturated heterocycles. The van der Waals surface area contributed by atoms with Crippen molar-refractivity contribution in [2.75, 3.05) is 0 Å². The van der Waals surface area contributed by atoms with E-state index >= 15 is 0 Å². The summed E-state index contributed by atoms with van der Waals surface area (Å²) in [4.78, 5) is 4.17. The third kappa shape index (κ3) is 3.34. The van der Waals surface area contributed by atoms with Crippen molar-refractivity contribution < 1.29 is 4.39 Å². The van der Waals surface area contributed by atoms with Crippen molar-refractivity contribution in [1.82, 2.24) is 10.3 Å². The zero-order valence-corrected chi connectivity index (χ0v) is 11.7. The SMILES string of the molecule is CC(NCc1nccs1)c1cc(Br)ccc1F. The molecule has 2 rings (SSSR count). The standard InChI is InChI=1S/C12H12BrFN2S/c1-8(16-7-12-15-4-5-17-12)10-6-9(13)2-3-11(10)14/h2-6,8,16H,7H2,1H3. The highest BCUT2D eigenvalue weighted by Gasteiger charge is 2.11. The van der Waals surface area contributed by atoms with Crippen LogP contribution in [-0.4, -0.2) is 4.98 Å². The van der Waals surface area contributed by atoms with Crippen LogP contribution in [0.25, 0.3) is 0 Å². The van der Waals surface area contributed by atoms with Gasteiger partial charge in [0.15, 0.2) is 0 Å². The van der Waals surface area contributed by atoms with E-state index in [9.17, 15) is 4.39 Å². The van der Waals surface area contributed by atoms with Crippen LogP contribution in [0.2, 0.25) is 0 Å². The fourth-order valence-corrected chi connectivity index (χ4v) is 2.48.